The summed E-state index contributed by atoms with van der Waals surface area (Å²) in [6, 6.07) is 38.8. The highest BCUT2D eigenvalue weighted by Crippen LogP contribution is 2.48. The average Bonchev–Trinajstić information content (AvgIpc) is 3.13. The number of aromatic nitrogens is 2. The maximum atomic E-state index is 5.19. The Labute approximate surface area is 204 Å². The molecule has 166 valence electrons. The molecule has 2 heteroatoms. The Morgan fingerprint density at radius 2 is 0.886 bits per heavy atom. The maximum Gasteiger partial charge on any atom is 0.0937 e. The minimum Gasteiger partial charge on any atom is -0.246 e. The van der Waals surface area contributed by atoms with Crippen LogP contribution in [-0.4, -0.2) is 9.97 Å². The second kappa shape index (κ2) is 7.35. The summed E-state index contributed by atoms with van der Waals surface area (Å²) < 4.78 is 0. The largest absolute Gasteiger partial charge is 0.246 e. The lowest BCUT2D eigenvalue weighted by Gasteiger charge is -2.20. The van der Waals surface area contributed by atoms with Gasteiger partial charge in [-0.15, -0.1) is 0 Å². The van der Waals surface area contributed by atoms with E-state index < -0.39 is 0 Å². The summed E-state index contributed by atoms with van der Waals surface area (Å²) in [5.41, 5.74) is 8.56. The van der Waals surface area contributed by atoms with Gasteiger partial charge in [-0.1, -0.05) is 98.8 Å². The number of rotatable bonds is 2. The van der Waals surface area contributed by atoms with E-state index in [-0.39, 0.29) is 5.41 Å². The van der Waals surface area contributed by atoms with Gasteiger partial charge in [0.25, 0.3) is 0 Å². The molecular weight excluding hydrogens is 424 g/mol. The fraction of sp³-hybridized carbons (Fsp3) is 0.0909. The summed E-state index contributed by atoms with van der Waals surface area (Å²) in [4.78, 5) is 10.4. The number of benzene rings is 4. The average molecular weight is 449 g/mol. The van der Waals surface area contributed by atoms with Crippen LogP contribution < -0.4 is 0 Å². The topological polar surface area (TPSA) is 25.8 Å². The van der Waals surface area contributed by atoms with Crippen LogP contribution >= 0.6 is 0 Å². The molecule has 35 heavy (non-hydrogen) atoms. The zero-order chi connectivity index (χ0) is 23.6. The Kier molecular flexibility index (Phi) is 4.22. The molecule has 2 aromatic heterocycles. The molecule has 0 N–H and O–H groups in total. The van der Waals surface area contributed by atoms with E-state index in [1.54, 1.807) is 0 Å². The molecule has 0 unspecified atom stereocenters. The van der Waals surface area contributed by atoms with Crippen LogP contribution in [0, 0.1) is 0 Å². The molecule has 1 aliphatic carbocycles. The van der Waals surface area contributed by atoms with Crippen LogP contribution in [0.4, 0.5) is 0 Å². The first-order chi connectivity index (χ1) is 17.1. The Bertz CT molecular complexity index is 1650. The molecule has 0 spiro atoms. The fourth-order valence-corrected chi connectivity index (χ4v) is 5.45. The van der Waals surface area contributed by atoms with Crippen LogP contribution in [0.1, 0.15) is 25.0 Å². The summed E-state index contributed by atoms with van der Waals surface area (Å²) in [5, 5.41) is 4.94. The number of nitrogens with zero attached hydrogens (tertiary/aromatic N) is 2. The van der Waals surface area contributed by atoms with Gasteiger partial charge in [-0.3, -0.25) is 0 Å². The van der Waals surface area contributed by atoms with E-state index in [2.05, 4.69) is 123 Å². The molecule has 7 rings (SSSR count). The SMILES string of the molecule is CC1(C)c2ccc(-c3ccc4ccccc4c3)nc2-c2nc(-c3ccc4ccccc4c3)ccc21. The van der Waals surface area contributed by atoms with Gasteiger partial charge < -0.3 is 0 Å². The fourth-order valence-electron chi connectivity index (χ4n) is 5.45. The van der Waals surface area contributed by atoms with Gasteiger partial charge in [0, 0.05) is 16.5 Å². The second-order valence-electron chi connectivity index (χ2n) is 9.93. The Morgan fingerprint density at radius 1 is 0.457 bits per heavy atom. The molecule has 2 nitrogen and oxygen atoms in total. The maximum absolute atomic E-state index is 5.19. The smallest absolute Gasteiger partial charge is 0.0937 e. The quantitative estimate of drug-likeness (QED) is 0.266. The molecule has 0 radical (unpaired) electrons. The van der Waals surface area contributed by atoms with Gasteiger partial charge in [-0.25, -0.2) is 9.97 Å². The van der Waals surface area contributed by atoms with E-state index in [9.17, 15) is 0 Å². The van der Waals surface area contributed by atoms with Crippen molar-refractivity contribution in [1.29, 1.82) is 0 Å². The molecule has 0 saturated carbocycles. The van der Waals surface area contributed by atoms with Gasteiger partial charge in [0.05, 0.1) is 22.8 Å². The summed E-state index contributed by atoms with van der Waals surface area (Å²) >= 11 is 0. The number of hydrogen-bond acceptors (Lipinski definition) is 2. The van der Waals surface area contributed by atoms with E-state index in [1.807, 2.05) is 0 Å². The predicted molar refractivity (Wildman–Crippen MR) is 145 cm³/mol. The Balaban J connectivity index is 1.38. The normalized spacial score (nSPS) is 13.7. The lowest BCUT2D eigenvalue weighted by molar-refractivity contribution is 0.658. The monoisotopic (exact) mass is 448 g/mol. The van der Waals surface area contributed by atoms with Crippen molar-refractivity contribution in [2.45, 2.75) is 19.3 Å². The van der Waals surface area contributed by atoms with Crippen molar-refractivity contribution in [2.24, 2.45) is 0 Å². The van der Waals surface area contributed by atoms with Gasteiger partial charge in [0.15, 0.2) is 0 Å². The van der Waals surface area contributed by atoms with Crippen molar-refractivity contribution < 1.29 is 0 Å². The first kappa shape index (κ1) is 20.1. The third kappa shape index (κ3) is 3.10. The molecule has 0 aliphatic heterocycles. The minimum absolute atomic E-state index is 0.130. The van der Waals surface area contributed by atoms with Crippen LogP contribution in [0.3, 0.4) is 0 Å². The highest BCUT2D eigenvalue weighted by molar-refractivity contribution is 5.89. The molecule has 6 aromatic rings. The van der Waals surface area contributed by atoms with Crippen LogP contribution in [0.25, 0.3) is 55.4 Å². The molecule has 0 fully saturated rings. The Morgan fingerprint density at radius 3 is 1.34 bits per heavy atom. The van der Waals surface area contributed by atoms with Crippen molar-refractivity contribution in [1.82, 2.24) is 9.97 Å². The summed E-state index contributed by atoms with van der Waals surface area (Å²) in [7, 11) is 0. The predicted octanol–water partition coefficient (Wildman–Crippen LogP) is 8.42. The molecule has 0 amide bonds. The summed E-state index contributed by atoms with van der Waals surface area (Å²) in [5.74, 6) is 0. The molecule has 2 heterocycles. The number of pyridine rings is 2. The lowest BCUT2D eigenvalue weighted by atomic mass is 9.83. The van der Waals surface area contributed by atoms with Crippen LogP contribution in [0.2, 0.25) is 0 Å². The second-order valence-corrected chi connectivity index (χ2v) is 9.93. The van der Waals surface area contributed by atoms with Gasteiger partial charge >= 0.3 is 0 Å². The van der Waals surface area contributed by atoms with Gasteiger partial charge in [0.2, 0.25) is 0 Å². The zero-order valence-electron chi connectivity index (χ0n) is 19.8. The molecular formula is C33H24N2. The molecule has 0 saturated heterocycles. The van der Waals surface area contributed by atoms with Crippen molar-refractivity contribution >= 4 is 21.5 Å². The van der Waals surface area contributed by atoms with E-state index in [0.29, 0.717) is 0 Å². The standard InChI is InChI=1S/C33H24N2/c1-33(2)27-15-17-29(25-13-11-21-7-3-5-9-23(21)19-25)34-31(27)32-28(33)16-18-30(35-32)26-14-12-22-8-4-6-10-24(22)20-26/h3-20H,1-2H3. The van der Waals surface area contributed by atoms with E-state index in [0.717, 1.165) is 33.9 Å². The highest BCUT2D eigenvalue weighted by atomic mass is 14.8. The van der Waals surface area contributed by atoms with Crippen LogP contribution in [0.15, 0.2) is 109 Å². The molecule has 0 bridgehead atoms. The Hall–Kier alpha value is -4.30. The lowest BCUT2D eigenvalue weighted by Crippen LogP contribution is -2.15. The zero-order valence-corrected chi connectivity index (χ0v) is 19.8. The van der Waals surface area contributed by atoms with Gasteiger partial charge in [-0.05, 0) is 56.9 Å². The van der Waals surface area contributed by atoms with E-state index in [4.69, 9.17) is 9.97 Å². The molecule has 0 atom stereocenters. The molecule has 1 aliphatic rings. The first-order valence-electron chi connectivity index (χ1n) is 12.1. The number of hydrogen-bond donors (Lipinski definition) is 0. The third-order valence-corrected chi connectivity index (χ3v) is 7.45. The van der Waals surface area contributed by atoms with Gasteiger partial charge in [0.1, 0.15) is 0 Å². The van der Waals surface area contributed by atoms with Crippen molar-refractivity contribution in [2.75, 3.05) is 0 Å². The summed E-state index contributed by atoms with van der Waals surface area (Å²) in [6.07, 6.45) is 0. The van der Waals surface area contributed by atoms with E-state index >= 15 is 0 Å². The van der Waals surface area contributed by atoms with E-state index in [1.165, 1.54) is 32.7 Å². The van der Waals surface area contributed by atoms with Crippen LogP contribution in [0.5, 0.6) is 0 Å². The molecule has 4 aromatic carbocycles. The van der Waals surface area contributed by atoms with Crippen molar-refractivity contribution in [3.8, 4) is 33.9 Å². The number of fused-ring (bicyclic) bond motifs is 5. The minimum atomic E-state index is -0.130. The highest BCUT2D eigenvalue weighted by Gasteiger charge is 2.38. The van der Waals surface area contributed by atoms with Crippen molar-refractivity contribution in [3.05, 3.63) is 120 Å². The van der Waals surface area contributed by atoms with Gasteiger partial charge in [-0.2, -0.15) is 0 Å². The first-order valence-corrected chi connectivity index (χ1v) is 12.1. The van der Waals surface area contributed by atoms with Crippen molar-refractivity contribution in [3.63, 3.8) is 0 Å². The summed E-state index contributed by atoms with van der Waals surface area (Å²) in [6.45, 7) is 4.54. The third-order valence-electron chi connectivity index (χ3n) is 7.45. The van der Waals surface area contributed by atoms with Crippen LogP contribution in [-0.2, 0) is 5.41 Å².